The van der Waals surface area contributed by atoms with Gasteiger partial charge >= 0.3 is 0 Å². The first-order valence-electron chi connectivity index (χ1n) is 9.82. The molecule has 0 bridgehead atoms. The number of aryl methyl sites for hydroxylation is 1. The Bertz CT molecular complexity index is 1040. The zero-order chi connectivity index (χ0) is 20.3. The summed E-state index contributed by atoms with van der Waals surface area (Å²) in [6, 6.07) is 14.9. The van der Waals surface area contributed by atoms with Gasteiger partial charge in [0.15, 0.2) is 0 Å². The number of hydrogen-bond acceptors (Lipinski definition) is 3. The highest BCUT2D eigenvalue weighted by molar-refractivity contribution is 5.78. The van der Waals surface area contributed by atoms with Crippen molar-refractivity contribution in [2.24, 2.45) is 0 Å². The van der Waals surface area contributed by atoms with Crippen LogP contribution < -0.4 is 5.56 Å². The Morgan fingerprint density at radius 1 is 1.11 bits per heavy atom. The van der Waals surface area contributed by atoms with Gasteiger partial charge in [0, 0.05) is 13.5 Å². The van der Waals surface area contributed by atoms with Gasteiger partial charge in [-0.05, 0) is 44.0 Å². The van der Waals surface area contributed by atoms with E-state index in [0.29, 0.717) is 29.6 Å². The van der Waals surface area contributed by atoms with Crippen LogP contribution in [0.5, 0.6) is 0 Å². The van der Waals surface area contributed by atoms with Gasteiger partial charge in [0.2, 0.25) is 5.91 Å². The van der Waals surface area contributed by atoms with Gasteiger partial charge in [0.1, 0.15) is 5.82 Å². The lowest BCUT2D eigenvalue weighted by molar-refractivity contribution is -0.132. The van der Waals surface area contributed by atoms with Gasteiger partial charge < -0.3 is 4.90 Å². The zero-order valence-corrected chi connectivity index (χ0v) is 17.0. The van der Waals surface area contributed by atoms with Gasteiger partial charge in [-0.15, -0.1) is 0 Å². The third kappa shape index (κ3) is 3.70. The fourth-order valence-corrected chi connectivity index (χ4v) is 3.51. The van der Waals surface area contributed by atoms with Crippen molar-refractivity contribution in [3.8, 4) is 5.69 Å². The Kier molecular flexibility index (Phi) is 5.93. The second-order valence-electron chi connectivity index (χ2n) is 7.14. The Balaban J connectivity index is 2.27. The maximum Gasteiger partial charge on any atom is 0.266 e. The molecule has 0 saturated heterocycles. The fourth-order valence-electron chi connectivity index (χ4n) is 3.51. The number of carbonyl (C=O) groups excluding carboxylic acids is 1. The molecule has 28 heavy (non-hydrogen) atoms. The van der Waals surface area contributed by atoms with Gasteiger partial charge in [0.25, 0.3) is 5.56 Å². The molecule has 0 aliphatic carbocycles. The molecule has 0 N–H and O–H groups in total. The molecular weight excluding hydrogens is 350 g/mol. The van der Waals surface area contributed by atoms with E-state index in [1.807, 2.05) is 63.2 Å². The van der Waals surface area contributed by atoms with E-state index in [1.54, 1.807) is 22.6 Å². The van der Waals surface area contributed by atoms with Crippen LogP contribution >= 0.6 is 0 Å². The van der Waals surface area contributed by atoms with Crippen LogP contribution in [-0.2, 0) is 4.79 Å². The number of hydrogen-bond donors (Lipinski definition) is 0. The number of benzene rings is 2. The topological polar surface area (TPSA) is 55.2 Å². The second-order valence-corrected chi connectivity index (χ2v) is 7.14. The van der Waals surface area contributed by atoms with Crippen molar-refractivity contribution in [2.75, 3.05) is 7.05 Å². The number of rotatable bonds is 6. The van der Waals surface area contributed by atoms with Gasteiger partial charge in [-0.3, -0.25) is 14.2 Å². The van der Waals surface area contributed by atoms with Crippen LogP contribution in [0.1, 0.15) is 50.5 Å². The van der Waals surface area contributed by atoms with Crippen LogP contribution in [0.4, 0.5) is 0 Å². The quantitative estimate of drug-likeness (QED) is 0.640. The minimum atomic E-state index is -0.280. The first-order valence-corrected chi connectivity index (χ1v) is 9.82. The van der Waals surface area contributed by atoms with E-state index >= 15 is 0 Å². The lowest BCUT2D eigenvalue weighted by Gasteiger charge is -2.29. The molecule has 1 unspecified atom stereocenters. The van der Waals surface area contributed by atoms with Crippen LogP contribution in [0.2, 0.25) is 0 Å². The molecule has 0 saturated carbocycles. The number of nitrogens with zero attached hydrogens (tertiary/aromatic N) is 3. The maximum absolute atomic E-state index is 13.4. The first kappa shape index (κ1) is 19.8. The highest BCUT2D eigenvalue weighted by atomic mass is 16.2. The average molecular weight is 377 g/mol. The SMILES string of the molecule is CCCC(=O)N(C)C(CC)c1nc2ccccc2c(=O)n1-c1ccc(C)cc1. The molecular formula is C23H27N3O2. The molecule has 3 rings (SSSR count). The smallest absolute Gasteiger partial charge is 0.266 e. The predicted octanol–water partition coefficient (Wildman–Crippen LogP) is 4.40. The lowest BCUT2D eigenvalue weighted by Crippen LogP contribution is -2.35. The number of amides is 1. The molecule has 2 aromatic carbocycles. The average Bonchev–Trinajstić information content (AvgIpc) is 2.70. The molecule has 0 aliphatic heterocycles. The van der Waals surface area contributed by atoms with E-state index in [2.05, 4.69) is 0 Å². The van der Waals surface area contributed by atoms with Crippen molar-refractivity contribution < 1.29 is 4.79 Å². The first-order chi connectivity index (χ1) is 13.5. The minimum Gasteiger partial charge on any atom is -0.336 e. The van der Waals surface area contributed by atoms with E-state index < -0.39 is 0 Å². The summed E-state index contributed by atoms with van der Waals surface area (Å²) in [5, 5.41) is 0.573. The third-order valence-electron chi connectivity index (χ3n) is 5.10. The Morgan fingerprint density at radius 3 is 2.43 bits per heavy atom. The largest absolute Gasteiger partial charge is 0.336 e. The van der Waals surface area contributed by atoms with Crippen LogP contribution in [-0.4, -0.2) is 27.4 Å². The molecule has 1 aromatic heterocycles. The zero-order valence-electron chi connectivity index (χ0n) is 17.0. The van der Waals surface area contributed by atoms with E-state index in [4.69, 9.17) is 4.98 Å². The molecule has 146 valence electrons. The third-order valence-corrected chi connectivity index (χ3v) is 5.10. The number of carbonyl (C=O) groups is 1. The van der Waals surface area contributed by atoms with Crippen molar-refractivity contribution in [3.63, 3.8) is 0 Å². The van der Waals surface area contributed by atoms with Gasteiger partial charge in [-0.25, -0.2) is 4.98 Å². The summed E-state index contributed by atoms with van der Waals surface area (Å²) in [6.07, 6.45) is 1.94. The van der Waals surface area contributed by atoms with Crippen molar-refractivity contribution in [2.45, 2.75) is 46.1 Å². The summed E-state index contributed by atoms with van der Waals surface area (Å²) >= 11 is 0. The minimum absolute atomic E-state index is 0.0622. The van der Waals surface area contributed by atoms with Crippen LogP contribution in [0.3, 0.4) is 0 Å². The summed E-state index contributed by atoms with van der Waals surface area (Å²) in [5.41, 5.74) is 2.42. The molecule has 1 atom stereocenters. The van der Waals surface area contributed by atoms with Crippen LogP contribution in [0.15, 0.2) is 53.3 Å². The second kappa shape index (κ2) is 8.38. The predicted molar refractivity (Wildman–Crippen MR) is 113 cm³/mol. The van der Waals surface area contributed by atoms with Crippen molar-refractivity contribution in [3.05, 3.63) is 70.3 Å². The molecule has 0 spiro atoms. The lowest BCUT2D eigenvalue weighted by atomic mass is 10.1. The molecule has 1 amide bonds. The molecule has 5 nitrogen and oxygen atoms in total. The Hall–Kier alpha value is -2.95. The van der Waals surface area contributed by atoms with Crippen LogP contribution in [0.25, 0.3) is 16.6 Å². The van der Waals surface area contributed by atoms with Crippen molar-refractivity contribution in [1.29, 1.82) is 0 Å². The van der Waals surface area contributed by atoms with Gasteiger partial charge in [-0.2, -0.15) is 0 Å². The standard InChI is InChI=1S/C23H27N3O2/c1-5-9-21(27)25(4)20(6-2)22-24-19-11-8-7-10-18(19)23(28)26(22)17-14-12-16(3)13-15-17/h7-8,10-15,20H,5-6,9H2,1-4H3. The summed E-state index contributed by atoms with van der Waals surface area (Å²) in [4.78, 5) is 32.5. The van der Waals surface area contributed by atoms with Crippen molar-refractivity contribution in [1.82, 2.24) is 14.5 Å². The highest BCUT2D eigenvalue weighted by Gasteiger charge is 2.26. The normalized spacial score (nSPS) is 12.1. The Labute approximate surface area is 165 Å². The molecule has 0 radical (unpaired) electrons. The van der Waals surface area contributed by atoms with Gasteiger partial charge in [-0.1, -0.05) is 43.7 Å². The van der Waals surface area contributed by atoms with Crippen LogP contribution in [0, 0.1) is 6.92 Å². The monoisotopic (exact) mass is 377 g/mol. The molecule has 1 heterocycles. The number of aromatic nitrogens is 2. The summed E-state index contributed by atoms with van der Waals surface area (Å²) in [7, 11) is 1.80. The van der Waals surface area contributed by atoms with E-state index in [0.717, 1.165) is 17.7 Å². The summed E-state index contributed by atoms with van der Waals surface area (Å²) < 4.78 is 1.66. The Morgan fingerprint density at radius 2 is 1.79 bits per heavy atom. The number of para-hydroxylation sites is 1. The maximum atomic E-state index is 13.4. The molecule has 5 heteroatoms. The van der Waals surface area contributed by atoms with E-state index in [9.17, 15) is 9.59 Å². The summed E-state index contributed by atoms with van der Waals surface area (Å²) in [6.45, 7) is 6.02. The molecule has 0 fully saturated rings. The van der Waals surface area contributed by atoms with E-state index in [1.165, 1.54) is 0 Å². The molecule has 0 aliphatic rings. The highest BCUT2D eigenvalue weighted by Crippen LogP contribution is 2.25. The van der Waals surface area contributed by atoms with Crippen molar-refractivity contribution >= 4 is 16.8 Å². The summed E-state index contributed by atoms with van der Waals surface area (Å²) in [5.74, 6) is 0.661. The number of fused-ring (bicyclic) bond motifs is 1. The molecule has 3 aromatic rings. The fraction of sp³-hybridized carbons (Fsp3) is 0.348. The van der Waals surface area contributed by atoms with Gasteiger partial charge in [0.05, 0.1) is 22.6 Å². The van der Waals surface area contributed by atoms with E-state index in [-0.39, 0.29) is 17.5 Å².